The van der Waals surface area contributed by atoms with Gasteiger partial charge in [-0.15, -0.1) is 11.3 Å². The highest BCUT2D eigenvalue weighted by atomic mass is 32.1. The third-order valence-corrected chi connectivity index (χ3v) is 7.39. The second-order valence-corrected chi connectivity index (χ2v) is 9.18. The molecule has 2 bridgehead atoms. The van der Waals surface area contributed by atoms with Gasteiger partial charge in [0.25, 0.3) is 0 Å². The molecule has 7 heteroatoms. The van der Waals surface area contributed by atoms with Crippen LogP contribution in [0.2, 0.25) is 0 Å². The number of amides is 3. The topological polar surface area (TPSA) is 79.4 Å². The van der Waals surface area contributed by atoms with Crippen molar-refractivity contribution in [2.45, 2.75) is 33.6 Å². The van der Waals surface area contributed by atoms with Gasteiger partial charge in [0.1, 0.15) is 6.54 Å². The Hall–Kier alpha value is -2.54. The lowest BCUT2D eigenvalue weighted by Gasteiger charge is -2.47. The zero-order chi connectivity index (χ0) is 20.1. The van der Waals surface area contributed by atoms with E-state index in [1.54, 1.807) is 0 Å². The first-order valence-electron chi connectivity index (χ1n) is 9.40. The summed E-state index contributed by atoms with van der Waals surface area (Å²) in [5.41, 5.74) is 0.757. The van der Waals surface area contributed by atoms with E-state index in [9.17, 15) is 14.4 Å². The van der Waals surface area contributed by atoms with Gasteiger partial charge in [-0.2, -0.15) is 0 Å². The highest BCUT2D eigenvalue weighted by Crippen LogP contribution is 2.59. The predicted molar refractivity (Wildman–Crippen MR) is 108 cm³/mol. The van der Waals surface area contributed by atoms with E-state index in [1.807, 2.05) is 56.5 Å². The number of fused-ring (bicyclic) bond motifs is 2. The van der Waals surface area contributed by atoms with Crippen LogP contribution in [0.15, 0.2) is 35.7 Å². The molecule has 2 heterocycles. The van der Waals surface area contributed by atoms with Gasteiger partial charge < -0.3 is 5.32 Å². The Bertz CT molecular complexity index is 953. The number of piperidine rings is 1. The Morgan fingerprint density at radius 2 is 1.96 bits per heavy atom. The number of hydrogen-bond donors (Lipinski definition) is 1. The van der Waals surface area contributed by atoms with Crippen molar-refractivity contribution < 1.29 is 14.4 Å². The molecule has 2 unspecified atom stereocenters. The summed E-state index contributed by atoms with van der Waals surface area (Å²) in [4.78, 5) is 44.0. The number of nitrogens with zero attached hydrogens (tertiary/aromatic N) is 2. The number of thiazole rings is 1. The molecule has 1 saturated heterocycles. The average Bonchev–Trinajstić information content (AvgIpc) is 3.19. The monoisotopic (exact) mass is 397 g/mol. The van der Waals surface area contributed by atoms with Crippen molar-refractivity contribution >= 4 is 34.2 Å². The minimum Gasteiger partial charge on any atom is -0.300 e. The third kappa shape index (κ3) is 2.76. The number of imide groups is 1. The number of likely N-dealkylation sites (tertiary alicyclic amines) is 1. The van der Waals surface area contributed by atoms with Gasteiger partial charge in [-0.25, -0.2) is 4.98 Å². The maximum absolute atomic E-state index is 13.0. The normalized spacial score (nSPS) is 25.8. The molecule has 0 spiro atoms. The maximum Gasteiger partial charge on any atom is 0.246 e. The summed E-state index contributed by atoms with van der Waals surface area (Å²) >= 11 is 1.32. The SMILES string of the molecule is CC12CCC(C(=O)N(CC(=O)Nc3nc(-c4ccccc4)cs3)C1=O)C2(C)C. The lowest BCUT2D eigenvalue weighted by molar-refractivity contribution is -0.168. The van der Waals surface area contributed by atoms with Gasteiger partial charge in [-0.3, -0.25) is 19.3 Å². The summed E-state index contributed by atoms with van der Waals surface area (Å²) in [6.45, 7) is 5.62. The zero-order valence-corrected chi connectivity index (χ0v) is 17.0. The van der Waals surface area contributed by atoms with E-state index in [2.05, 4.69) is 10.3 Å². The fraction of sp³-hybridized carbons (Fsp3) is 0.429. The molecule has 28 heavy (non-hydrogen) atoms. The molecular formula is C21H23N3O3S. The molecule has 1 aliphatic heterocycles. The van der Waals surface area contributed by atoms with Gasteiger partial charge in [-0.1, -0.05) is 51.1 Å². The lowest BCUT2D eigenvalue weighted by Crippen LogP contribution is -2.60. The highest BCUT2D eigenvalue weighted by Gasteiger charge is 2.64. The molecular weight excluding hydrogens is 374 g/mol. The van der Waals surface area contributed by atoms with Crippen molar-refractivity contribution in [3.63, 3.8) is 0 Å². The summed E-state index contributed by atoms with van der Waals surface area (Å²) in [6, 6.07) is 9.68. The van der Waals surface area contributed by atoms with Gasteiger partial charge in [0.05, 0.1) is 11.1 Å². The molecule has 1 aromatic heterocycles. The Morgan fingerprint density at radius 1 is 1.25 bits per heavy atom. The van der Waals surface area contributed by atoms with Crippen LogP contribution in [0.25, 0.3) is 11.3 Å². The van der Waals surface area contributed by atoms with Crippen LogP contribution >= 0.6 is 11.3 Å². The molecule has 2 aromatic rings. The number of aromatic nitrogens is 1. The average molecular weight is 398 g/mol. The lowest BCUT2D eigenvalue weighted by atomic mass is 9.62. The van der Waals surface area contributed by atoms with Crippen LogP contribution in [-0.4, -0.2) is 34.2 Å². The van der Waals surface area contributed by atoms with Gasteiger partial charge in [0.2, 0.25) is 17.7 Å². The van der Waals surface area contributed by atoms with Crippen LogP contribution in [0.1, 0.15) is 33.6 Å². The Labute approximate surface area is 168 Å². The molecule has 1 aliphatic carbocycles. The number of hydrogen-bond acceptors (Lipinski definition) is 5. The van der Waals surface area contributed by atoms with E-state index in [4.69, 9.17) is 0 Å². The Morgan fingerprint density at radius 3 is 2.68 bits per heavy atom. The molecule has 6 nitrogen and oxygen atoms in total. The molecule has 3 amide bonds. The van der Waals surface area contributed by atoms with Crippen molar-refractivity contribution in [3.8, 4) is 11.3 Å². The first-order chi connectivity index (χ1) is 13.2. The fourth-order valence-corrected chi connectivity index (χ4v) is 5.16. The number of benzene rings is 1. The van der Waals surface area contributed by atoms with Crippen LogP contribution in [0.5, 0.6) is 0 Å². The first kappa shape index (κ1) is 18.8. The van der Waals surface area contributed by atoms with Crippen LogP contribution in [0, 0.1) is 16.7 Å². The van der Waals surface area contributed by atoms with Crippen LogP contribution in [-0.2, 0) is 14.4 Å². The highest BCUT2D eigenvalue weighted by molar-refractivity contribution is 7.14. The second kappa shape index (κ2) is 6.51. The van der Waals surface area contributed by atoms with Crippen molar-refractivity contribution in [1.29, 1.82) is 0 Å². The predicted octanol–water partition coefficient (Wildman–Crippen LogP) is 3.56. The van der Waals surface area contributed by atoms with Gasteiger partial charge >= 0.3 is 0 Å². The molecule has 1 aromatic carbocycles. The second-order valence-electron chi connectivity index (χ2n) is 8.33. The number of anilines is 1. The fourth-order valence-electron chi connectivity index (χ4n) is 4.43. The molecule has 146 valence electrons. The standard InChI is InChI=1S/C21H23N3O3S/c1-20(2)14-9-10-21(20,3)18(27)24(17(14)26)11-16(25)23-19-22-15(12-28-19)13-7-5-4-6-8-13/h4-8,12,14H,9-11H2,1-3H3,(H,22,23,25). The molecule has 1 N–H and O–H groups in total. The minimum atomic E-state index is -0.604. The maximum atomic E-state index is 13.0. The largest absolute Gasteiger partial charge is 0.300 e. The molecule has 2 atom stereocenters. The summed E-state index contributed by atoms with van der Waals surface area (Å²) < 4.78 is 0. The zero-order valence-electron chi connectivity index (χ0n) is 16.2. The van der Waals surface area contributed by atoms with Gasteiger partial charge in [-0.05, 0) is 18.3 Å². The van der Waals surface area contributed by atoms with Gasteiger partial charge in [0, 0.05) is 16.9 Å². The van der Waals surface area contributed by atoms with E-state index < -0.39 is 11.3 Å². The van der Waals surface area contributed by atoms with Crippen LogP contribution in [0.4, 0.5) is 5.13 Å². The van der Waals surface area contributed by atoms with Crippen molar-refractivity contribution in [2.75, 3.05) is 11.9 Å². The van der Waals surface area contributed by atoms with E-state index in [0.717, 1.165) is 16.2 Å². The molecule has 1 saturated carbocycles. The number of rotatable bonds is 4. The summed E-state index contributed by atoms with van der Waals surface area (Å²) in [6.07, 6.45) is 1.37. The number of nitrogens with one attached hydrogen (secondary N) is 1. The van der Waals surface area contributed by atoms with Crippen LogP contribution < -0.4 is 5.32 Å². The smallest absolute Gasteiger partial charge is 0.246 e. The Kier molecular flexibility index (Phi) is 4.38. The van der Waals surface area contributed by atoms with Crippen molar-refractivity contribution in [2.24, 2.45) is 16.7 Å². The molecule has 4 rings (SSSR count). The summed E-state index contributed by atoms with van der Waals surface area (Å²) in [5, 5.41) is 5.05. The quantitative estimate of drug-likeness (QED) is 0.800. The number of carbonyl (C=O) groups is 3. The van der Waals surface area contributed by atoms with E-state index in [1.165, 1.54) is 11.3 Å². The minimum absolute atomic E-state index is 0.215. The Balaban J connectivity index is 1.47. The molecule has 0 radical (unpaired) electrons. The van der Waals surface area contributed by atoms with E-state index >= 15 is 0 Å². The third-order valence-electron chi connectivity index (χ3n) is 6.63. The van der Waals surface area contributed by atoms with E-state index in [0.29, 0.717) is 18.0 Å². The van der Waals surface area contributed by atoms with Crippen LogP contribution in [0.3, 0.4) is 0 Å². The summed E-state index contributed by atoms with van der Waals surface area (Å²) in [7, 11) is 0. The van der Waals surface area contributed by atoms with E-state index in [-0.39, 0.29) is 29.7 Å². The summed E-state index contributed by atoms with van der Waals surface area (Å²) in [5.74, 6) is -1.09. The number of carbonyl (C=O) groups excluding carboxylic acids is 3. The van der Waals surface area contributed by atoms with Crippen molar-refractivity contribution in [3.05, 3.63) is 35.7 Å². The molecule has 2 aliphatic rings. The van der Waals surface area contributed by atoms with Crippen molar-refractivity contribution in [1.82, 2.24) is 9.88 Å². The molecule has 2 fully saturated rings. The first-order valence-corrected chi connectivity index (χ1v) is 10.3. The van der Waals surface area contributed by atoms with Gasteiger partial charge in [0.15, 0.2) is 5.13 Å².